The summed E-state index contributed by atoms with van der Waals surface area (Å²) in [5.74, 6) is 0.950. The van der Waals surface area contributed by atoms with Crippen molar-refractivity contribution in [2.75, 3.05) is 39.1 Å². The number of unbranched alkanes of at least 4 members (excludes halogenated alkanes) is 1. The molecule has 0 unspecified atom stereocenters. The van der Waals surface area contributed by atoms with Crippen LogP contribution in [0.5, 0.6) is 12.0 Å². The largest absolute Gasteiger partial charge is 0.468 e. The highest BCUT2D eigenvalue weighted by Gasteiger charge is 2.26. The van der Waals surface area contributed by atoms with Crippen LogP contribution < -0.4 is 15.2 Å². The van der Waals surface area contributed by atoms with E-state index in [1.54, 1.807) is 12.0 Å². The molecule has 1 amide bonds. The van der Waals surface area contributed by atoms with E-state index in [9.17, 15) is 4.79 Å². The maximum atomic E-state index is 12.2. The third-order valence-corrected chi connectivity index (χ3v) is 5.33. The molecule has 31 heavy (non-hydrogen) atoms. The average Bonchev–Trinajstić information content (AvgIpc) is 3.11. The Morgan fingerprint density at radius 1 is 1.23 bits per heavy atom. The fraction of sp³-hybridized carbons (Fsp3) is 0.714. The molecule has 0 aliphatic carbocycles. The molecule has 0 bridgehead atoms. The number of carbonyl (C=O) groups is 1. The lowest BCUT2D eigenvalue weighted by atomic mass is 9.97. The minimum atomic E-state index is -0.229. The number of anilines is 1. The third kappa shape index (κ3) is 5.68. The molecule has 3 rings (SSSR count). The molecule has 1 saturated heterocycles. The van der Waals surface area contributed by atoms with Gasteiger partial charge in [0.25, 0.3) is 6.01 Å². The summed E-state index contributed by atoms with van der Waals surface area (Å²) < 4.78 is 18.4. The fourth-order valence-electron chi connectivity index (χ4n) is 3.56. The number of fused-ring (bicyclic) bond motifs is 1. The van der Waals surface area contributed by atoms with Crippen molar-refractivity contribution in [2.45, 2.75) is 53.0 Å². The Bertz CT molecular complexity index is 876. The number of nitrogen functional groups attached to an aromatic ring is 1. The van der Waals surface area contributed by atoms with Gasteiger partial charge in [-0.25, -0.2) is 4.79 Å². The zero-order valence-corrected chi connectivity index (χ0v) is 19.0. The quantitative estimate of drug-likeness (QED) is 0.598. The SMILES string of the molecule is CCCCOc1nc(N)c2nc(OC)n(CC3CCN(C(=O)OCC(C)C)CC3)c2n1. The normalized spacial score (nSPS) is 14.9. The van der Waals surface area contributed by atoms with Gasteiger partial charge in [0.05, 0.1) is 20.3 Å². The number of likely N-dealkylation sites (tertiary alicyclic amines) is 1. The number of ether oxygens (including phenoxy) is 3. The maximum absolute atomic E-state index is 12.2. The van der Waals surface area contributed by atoms with Crippen LogP contribution in [-0.4, -0.2) is 63.9 Å². The first kappa shape index (κ1) is 22.9. The molecule has 0 radical (unpaired) electrons. The molecular formula is C21H34N6O4. The van der Waals surface area contributed by atoms with Crippen LogP contribution in [0.4, 0.5) is 10.6 Å². The lowest BCUT2D eigenvalue weighted by Gasteiger charge is -2.31. The van der Waals surface area contributed by atoms with E-state index in [-0.39, 0.29) is 17.9 Å². The first-order valence-corrected chi connectivity index (χ1v) is 11.0. The van der Waals surface area contributed by atoms with Crippen LogP contribution in [0, 0.1) is 11.8 Å². The molecule has 1 fully saturated rings. The van der Waals surface area contributed by atoms with Crippen LogP contribution in [0.3, 0.4) is 0 Å². The van der Waals surface area contributed by atoms with E-state index >= 15 is 0 Å². The monoisotopic (exact) mass is 434 g/mol. The number of hydrogen-bond donors (Lipinski definition) is 1. The fourth-order valence-corrected chi connectivity index (χ4v) is 3.56. The molecule has 0 saturated carbocycles. The van der Waals surface area contributed by atoms with Crippen LogP contribution in [0.2, 0.25) is 0 Å². The Morgan fingerprint density at radius 3 is 2.61 bits per heavy atom. The molecule has 0 spiro atoms. The van der Waals surface area contributed by atoms with Gasteiger partial charge in [0, 0.05) is 19.6 Å². The first-order chi connectivity index (χ1) is 14.9. The van der Waals surface area contributed by atoms with E-state index in [0.717, 1.165) is 25.7 Å². The van der Waals surface area contributed by atoms with Gasteiger partial charge >= 0.3 is 12.1 Å². The lowest BCUT2D eigenvalue weighted by Crippen LogP contribution is -2.40. The number of hydrogen-bond acceptors (Lipinski definition) is 8. The zero-order chi connectivity index (χ0) is 22.4. The van der Waals surface area contributed by atoms with Gasteiger partial charge in [0.2, 0.25) is 0 Å². The molecule has 0 aromatic carbocycles. The smallest absolute Gasteiger partial charge is 0.409 e. The highest BCUT2D eigenvalue weighted by molar-refractivity contribution is 5.83. The van der Waals surface area contributed by atoms with Crippen molar-refractivity contribution in [3.05, 3.63) is 0 Å². The van der Waals surface area contributed by atoms with Gasteiger partial charge in [-0.3, -0.25) is 4.57 Å². The predicted molar refractivity (Wildman–Crippen MR) is 117 cm³/mol. The topological polar surface area (TPSA) is 118 Å². The number of rotatable bonds is 9. The van der Waals surface area contributed by atoms with Gasteiger partial charge in [0.15, 0.2) is 17.0 Å². The average molecular weight is 435 g/mol. The van der Waals surface area contributed by atoms with Crippen LogP contribution >= 0.6 is 0 Å². The Balaban J connectivity index is 1.70. The maximum Gasteiger partial charge on any atom is 0.409 e. The summed E-state index contributed by atoms with van der Waals surface area (Å²) in [7, 11) is 1.58. The van der Waals surface area contributed by atoms with Gasteiger partial charge in [-0.05, 0) is 31.1 Å². The molecule has 3 heterocycles. The number of nitrogens with zero attached hydrogens (tertiary/aromatic N) is 5. The van der Waals surface area contributed by atoms with Crippen LogP contribution in [0.25, 0.3) is 11.2 Å². The summed E-state index contributed by atoms with van der Waals surface area (Å²) in [5.41, 5.74) is 7.23. The minimum absolute atomic E-state index is 0.229. The van der Waals surface area contributed by atoms with E-state index in [2.05, 4.69) is 21.9 Å². The number of piperidine rings is 1. The third-order valence-electron chi connectivity index (χ3n) is 5.33. The van der Waals surface area contributed by atoms with Crippen LogP contribution in [0.15, 0.2) is 0 Å². The second kappa shape index (κ2) is 10.5. The van der Waals surface area contributed by atoms with Gasteiger partial charge < -0.3 is 24.8 Å². The molecular weight excluding hydrogens is 400 g/mol. The van der Waals surface area contributed by atoms with Crippen molar-refractivity contribution in [1.82, 2.24) is 24.4 Å². The molecule has 172 valence electrons. The van der Waals surface area contributed by atoms with E-state index < -0.39 is 0 Å². The van der Waals surface area contributed by atoms with Gasteiger partial charge in [0.1, 0.15) is 0 Å². The summed E-state index contributed by atoms with van der Waals surface area (Å²) in [5, 5.41) is 0. The van der Waals surface area contributed by atoms with Crippen molar-refractivity contribution in [3.8, 4) is 12.0 Å². The Labute approximate surface area is 183 Å². The first-order valence-electron chi connectivity index (χ1n) is 11.0. The molecule has 0 atom stereocenters. The standard InChI is InChI=1S/C21H34N6O4/c1-5-6-11-30-19-24-17(22)16-18(25-19)27(20(23-16)29-4)12-15-7-9-26(10-8-15)21(28)31-13-14(2)3/h14-15H,5-13H2,1-4H3,(H2,22,24,25). The van der Waals surface area contributed by atoms with Crippen molar-refractivity contribution in [2.24, 2.45) is 11.8 Å². The lowest BCUT2D eigenvalue weighted by molar-refractivity contribution is 0.0773. The highest BCUT2D eigenvalue weighted by atomic mass is 16.6. The van der Waals surface area contributed by atoms with Gasteiger partial charge in [-0.2, -0.15) is 15.0 Å². The van der Waals surface area contributed by atoms with Gasteiger partial charge in [-0.15, -0.1) is 0 Å². The number of nitrogens with two attached hydrogens (primary N) is 1. The number of aromatic nitrogens is 4. The molecule has 2 aromatic rings. The molecule has 2 aromatic heterocycles. The second-order valence-corrected chi connectivity index (χ2v) is 8.38. The van der Waals surface area contributed by atoms with Crippen molar-refractivity contribution < 1.29 is 19.0 Å². The summed E-state index contributed by atoms with van der Waals surface area (Å²) in [6.45, 7) is 9.13. The summed E-state index contributed by atoms with van der Waals surface area (Å²) in [6, 6.07) is 0.699. The van der Waals surface area contributed by atoms with E-state index in [0.29, 0.717) is 61.9 Å². The number of imidazole rings is 1. The summed E-state index contributed by atoms with van der Waals surface area (Å²) >= 11 is 0. The highest BCUT2D eigenvalue weighted by Crippen LogP contribution is 2.29. The summed E-state index contributed by atoms with van der Waals surface area (Å²) in [4.78, 5) is 27.2. The molecule has 1 aliphatic heterocycles. The second-order valence-electron chi connectivity index (χ2n) is 8.38. The van der Waals surface area contributed by atoms with E-state index in [4.69, 9.17) is 19.9 Å². The molecule has 10 nitrogen and oxygen atoms in total. The molecule has 1 aliphatic rings. The minimum Gasteiger partial charge on any atom is -0.468 e. The van der Waals surface area contributed by atoms with Crippen LogP contribution in [0.1, 0.15) is 46.5 Å². The van der Waals surface area contributed by atoms with Crippen LogP contribution in [-0.2, 0) is 11.3 Å². The number of methoxy groups -OCH3 is 1. The van der Waals surface area contributed by atoms with Crippen molar-refractivity contribution in [1.29, 1.82) is 0 Å². The molecule has 2 N–H and O–H groups in total. The van der Waals surface area contributed by atoms with E-state index in [1.165, 1.54) is 0 Å². The molecule has 10 heteroatoms. The van der Waals surface area contributed by atoms with E-state index in [1.807, 2.05) is 18.4 Å². The Morgan fingerprint density at radius 2 is 1.97 bits per heavy atom. The Hall–Kier alpha value is -2.78. The van der Waals surface area contributed by atoms with Gasteiger partial charge in [-0.1, -0.05) is 27.2 Å². The zero-order valence-electron chi connectivity index (χ0n) is 19.0. The number of amides is 1. The van der Waals surface area contributed by atoms with Crippen molar-refractivity contribution in [3.63, 3.8) is 0 Å². The predicted octanol–water partition coefficient (Wildman–Crippen LogP) is 3.10. The van der Waals surface area contributed by atoms with Crippen molar-refractivity contribution >= 4 is 23.1 Å². The summed E-state index contributed by atoms with van der Waals surface area (Å²) in [6.07, 6.45) is 3.43. The Kier molecular flexibility index (Phi) is 7.75. The number of carbonyl (C=O) groups excluding carboxylic acids is 1.